The molecule has 2 rings (SSSR count). The lowest BCUT2D eigenvalue weighted by Gasteiger charge is -2.22. The number of aliphatic hydroxyl groups is 1. The number of rotatable bonds is 2. The third-order valence-corrected chi connectivity index (χ3v) is 2.52. The molecule has 5 heteroatoms. The molecule has 0 saturated carbocycles. The van der Waals surface area contributed by atoms with Gasteiger partial charge < -0.3 is 24.1 Å². The van der Waals surface area contributed by atoms with Crippen molar-refractivity contribution in [3.05, 3.63) is 0 Å². The second-order valence-corrected chi connectivity index (χ2v) is 4.03. The fourth-order valence-electron chi connectivity index (χ4n) is 1.98. The number of hydrogen-bond acceptors (Lipinski definition) is 5. The van der Waals surface area contributed by atoms with Crippen molar-refractivity contribution in [1.29, 1.82) is 0 Å². The molecule has 2 fully saturated rings. The van der Waals surface area contributed by atoms with Crippen LogP contribution in [-0.2, 0) is 18.9 Å². The van der Waals surface area contributed by atoms with Gasteiger partial charge in [-0.15, -0.1) is 0 Å². The van der Waals surface area contributed by atoms with Crippen LogP contribution in [-0.4, -0.2) is 49.2 Å². The van der Waals surface area contributed by atoms with Gasteiger partial charge >= 0.3 is 0 Å². The van der Waals surface area contributed by atoms with Crippen molar-refractivity contribution in [1.82, 2.24) is 0 Å². The molecule has 0 aromatic carbocycles. The Balaban J connectivity index is 2.12. The maximum atomic E-state index is 9.08. The molecule has 0 unspecified atom stereocenters. The summed E-state index contributed by atoms with van der Waals surface area (Å²) in [7, 11) is 1.55. The van der Waals surface area contributed by atoms with Crippen LogP contribution in [0.1, 0.15) is 13.8 Å². The molecule has 2 heterocycles. The third-order valence-electron chi connectivity index (χ3n) is 2.52. The molecule has 0 aliphatic carbocycles. The minimum Gasteiger partial charge on any atom is -0.394 e. The van der Waals surface area contributed by atoms with Crippen LogP contribution in [0.3, 0.4) is 0 Å². The predicted molar refractivity (Wildman–Crippen MR) is 46.6 cm³/mol. The molecular formula is C9H16O5. The lowest BCUT2D eigenvalue weighted by atomic mass is 10.1. The molecule has 0 aromatic rings. The normalized spacial score (nSPS) is 45.4. The zero-order valence-electron chi connectivity index (χ0n) is 8.60. The topological polar surface area (TPSA) is 57.2 Å². The number of ether oxygens (including phenoxy) is 4. The van der Waals surface area contributed by atoms with Gasteiger partial charge in [0.05, 0.1) is 6.61 Å². The first-order valence-electron chi connectivity index (χ1n) is 4.72. The molecular weight excluding hydrogens is 188 g/mol. The summed E-state index contributed by atoms with van der Waals surface area (Å²) in [5.74, 6) is -0.622. The maximum Gasteiger partial charge on any atom is 0.186 e. The van der Waals surface area contributed by atoms with E-state index in [2.05, 4.69) is 0 Å². The molecule has 14 heavy (non-hydrogen) atoms. The van der Waals surface area contributed by atoms with Crippen LogP contribution in [0.2, 0.25) is 0 Å². The van der Waals surface area contributed by atoms with Crippen molar-refractivity contribution in [2.45, 2.75) is 44.2 Å². The molecule has 82 valence electrons. The molecule has 0 amide bonds. The highest BCUT2D eigenvalue weighted by atomic mass is 16.8. The highest BCUT2D eigenvalue weighted by Crippen LogP contribution is 2.38. The van der Waals surface area contributed by atoms with Gasteiger partial charge in [0.25, 0.3) is 0 Å². The largest absolute Gasteiger partial charge is 0.394 e. The van der Waals surface area contributed by atoms with E-state index in [0.29, 0.717) is 0 Å². The summed E-state index contributed by atoms with van der Waals surface area (Å²) in [6.45, 7) is 3.60. The Bertz CT molecular complexity index is 197. The van der Waals surface area contributed by atoms with E-state index in [1.165, 1.54) is 0 Å². The van der Waals surface area contributed by atoms with E-state index >= 15 is 0 Å². The van der Waals surface area contributed by atoms with Gasteiger partial charge in [-0.25, -0.2) is 0 Å². The average molecular weight is 204 g/mol. The monoisotopic (exact) mass is 204 g/mol. The van der Waals surface area contributed by atoms with Crippen molar-refractivity contribution >= 4 is 0 Å². The van der Waals surface area contributed by atoms with Crippen molar-refractivity contribution in [3.8, 4) is 0 Å². The molecule has 0 bridgehead atoms. The number of methoxy groups -OCH3 is 1. The fraction of sp³-hybridized carbons (Fsp3) is 1.00. The molecule has 4 atom stereocenters. The molecule has 5 nitrogen and oxygen atoms in total. The summed E-state index contributed by atoms with van der Waals surface area (Å²) in [6.07, 6.45) is -1.28. The van der Waals surface area contributed by atoms with Gasteiger partial charge in [0, 0.05) is 7.11 Å². The average Bonchev–Trinajstić information content (AvgIpc) is 2.57. The highest BCUT2D eigenvalue weighted by Gasteiger charge is 2.55. The Morgan fingerprint density at radius 1 is 1.29 bits per heavy atom. The second-order valence-electron chi connectivity index (χ2n) is 4.03. The van der Waals surface area contributed by atoms with Gasteiger partial charge in [-0.2, -0.15) is 0 Å². The van der Waals surface area contributed by atoms with E-state index in [1.807, 2.05) is 13.8 Å². The molecule has 2 aliphatic heterocycles. The molecule has 2 aliphatic rings. The van der Waals surface area contributed by atoms with Gasteiger partial charge in [0.2, 0.25) is 0 Å². The van der Waals surface area contributed by atoms with E-state index in [0.717, 1.165) is 0 Å². The first kappa shape index (κ1) is 10.3. The number of aliphatic hydroxyl groups excluding tert-OH is 1. The van der Waals surface area contributed by atoms with E-state index in [1.54, 1.807) is 7.11 Å². The quantitative estimate of drug-likeness (QED) is 0.679. The van der Waals surface area contributed by atoms with E-state index in [-0.39, 0.29) is 24.9 Å². The van der Waals surface area contributed by atoms with Gasteiger partial charge in [0.15, 0.2) is 12.1 Å². The minimum absolute atomic E-state index is 0.0829. The van der Waals surface area contributed by atoms with Gasteiger partial charge in [-0.1, -0.05) is 0 Å². The molecule has 0 aromatic heterocycles. The van der Waals surface area contributed by atoms with Crippen molar-refractivity contribution in [3.63, 3.8) is 0 Å². The first-order chi connectivity index (χ1) is 6.57. The molecule has 0 spiro atoms. The van der Waals surface area contributed by atoms with E-state index in [4.69, 9.17) is 24.1 Å². The highest BCUT2D eigenvalue weighted by molar-refractivity contribution is 4.94. The van der Waals surface area contributed by atoms with Crippen LogP contribution < -0.4 is 0 Å². The summed E-state index contributed by atoms with van der Waals surface area (Å²) in [5.41, 5.74) is 0. The van der Waals surface area contributed by atoms with E-state index < -0.39 is 12.1 Å². The Labute approximate surface area is 82.9 Å². The summed E-state index contributed by atoms with van der Waals surface area (Å²) < 4.78 is 21.8. The number of fused-ring (bicyclic) bond motifs is 1. The zero-order chi connectivity index (χ0) is 10.3. The first-order valence-corrected chi connectivity index (χ1v) is 4.72. The third kappa shape index (κ3) is 1.55. The summed E-state index contributed by atoms with van der Waals surface area (Å²) in [6, 6.07) is 0. The second kappa shape index (κ2) is 3.43. The van der Waals surface area contributed by atoms with Gasteiger partial charge in [-0.3, -0.25) is 0 Å². The van der Waals surface area contributed by atoms with Crippen LogP contribution in [0.5, 0.6) is 0 Å². The lowest BCUT2D eigenvalue weighted by molar-refractivity contribution is -0.230. The maximum absolute atomic E-state index is 9.08. The fourth-order valence-corrected chi connectivity index (χ4v) is 1.98. The summed E-state index contributed by atoms with van der Waals surface area (Å²) >= 11 is 0. The van der Waals surface area contributed by atoms with Crippen LogP contribution in [0.4, 0.5) is 0 Å². The minimum atomic E-state index is -0.622. The Kier molecular flexibility index (Phi) is 2.53. The predicted octanol–water partition coefficient (Wildman–Crippen LogP) is -0.130. The van der Waals surface area contributed by atoms with Gasteiger partial charge in [0.1, 0.15) is 18.3 Å². The molecule has 0 radical (unpaired) electrons. The van der Waals surface area contributed by atoms with Crippen molar-refractivity contribution in [2.24, 2.45) is 0 Å². The van der Waals surface area contributed by atoms with Crippen LogP contribution in [0.15, 0.2) is 0 Å². The Hall–Kier alpha value is -0.200. The SMILES string of the molecule is CO[C@H]1O[C@@H](CO)[C@@H]2OC(C)(C)O[C@@H]12. The molecule has 2 saturated heterocycles. The Morgan fingerprint density at radius 2 is 1.93 bits per heavy atom. The van der Waals surface area contributed by atoms with E-state index in [9.17, 15) is 0 Å². The molecule has 1 N–H and O–H groups in total. The van der Waals surface area contributed by atoms with Crippen molar-refractivity contribution < 1.29 is 24.1 Å². The Morgan fingerprint density at radius 3 is 2.50 bits per heavy atom. The summed E-state index contributed by atoms with van der Waals surface area (Å²) in [5, 5.41) is 9.08. The van der Waals surface area contributed by atoms with Crippen LogP contribution in [0, 0.1) is 0 Å². The standard InChI is InChI=1S/C9H16O5/c1-9(2)13-6-5(4-10)12-8(11-3)7(6)14-9/h5-8,10H,4H2,1-3H3/t5-,6-,7+,8-/m0/s1. The summed E-state index contributed by atoms with van der Waals surface area (Å²) in [4.78, 5) is 0. The van der Waals surface area contributed by atoms with Crippen LogP contribution in [0.25, 0.3) is 0 Å². The zero-order valence-corrected chi connectivity index (χ0v) is 8.60. The van der Waals surface area contributed by atoms with Gasteiger partial charge in [-0.05, 0) is 13.8 Å². The number of hydrogen-bond donors (Lipinski definition) is 1. The van der Waals surface area contributed by atoms with Crippen LogP contribution >= 0.6 is 0 Å². The lowest BCUT2D eigenvalue weighted by Crippen LogP contribution is -2.31. The van der Waals surface area contributed by atoms with Crippen molar-refractivity contribution in [2.75, 3.05) is 13.7 Å². The smallest absolute Gasteiger partial charge is 0.186 e.